The predicted molar refractivity (Wildman–Crippen MR) is 80.1 cm³/mol. The molecule has 4 bridgehead atoms. The summed E-state index contributed by atoms with van der Waals surface area (Å²) in [5.41, 5.74) is 0.677. The molecule has 1 N–H and O–H groups in total. The van der Waals surface area contributed by atoms with Gasteiger partial charge in [0.2, 0.25) is 0 Å². The molecule has 1 amide bonds. The summed E-state index contributed by atoms with van der Waals surface area (Å²) < 4.78 is 5.45. The molecule has 4 fully saturated rings. The third-order valence-electron chi connectivity index (χ3n) is 4.99. The molecule has 0 aromatic rings. The molecule has 0 heterocycles. The molecule has 4 aliphatic rings. The van der Waals surface area contributed by atoms with E-state index in [-0.39, 0.29) is 11.6 Å². The number of oxime groups is 1. The molecule has 2 atom stereocenters. The van der Waals surface area contributed by atoms with E-state index in [9.17, 15) is 4.79 Å². The van der Waals surface area contributed by atoms with Crippen LogP contribution >= 0.6 is 0 Å². The molecule has 0 spiro atoms. The maximum atomic E-state index is 12.2. The molecule has 0 aromatic heterocycles. The van der Waals surface area contributed by atoms with Crippen LogP contribution in [0.25, 0.3) is 0 Å². The van der Waals surface area contributed by atoms with Crippen LogP contribution in [0.4, 0.5) is 4.79 Å². The summed E-state index contributed by atoms with van der Waals surface area (Å²) in [5.74, 6) is 1.63. The fourth-order valence-electron chi connectivity index (χ4n) is 4.69. The number of rotatable bonds is 2. The average molecular weight is 294 g/mol. The maximum Gasteiger partial charge on any atom is 0.408 e. The van der Waals surface area contributed by atoms with Crippen molar-refractivity contribution in [3.8, 4) is 0 Å². The first kappa shape index (κ1) is 14.7. The number of carbonyl (C=O) groups excluding carboxylic acids is 1. The number of nitrogens with one attached hydrogen (secondary N) is 1. The normalized spacial score (nSPS) is 37.3. The Kier molecular flexibility index (Phi) is 3.41. The van der Waals surface area contributed by atoms with Gasteiger partial charge in [-0.1, -0.05) is 5.16 Å². The molecule has 21 heavy (non-hydrogen) atoms. The molecule has 5 nitrogen and oxygen atoms in total. The zero-order valence-electron chi connectivity index (χ0n) is 13.4. The first-order valence-electron chi connectivity index (χ1n) is 7.92. The number of alkyl carbamates (subject to hydrolysis) is 1. The highest BCUT2D eigenvalue weighted by Gasteiger charge is 2.55. The smallest absolute Gasteiger partial charge is 0.408 e. The van der Waals surface area contributed by atoms with E-state index in [4.69, 9.17) is 9.57 Å². The van der Waals surface area contributed by atoms with Crippen molar-refractivity contribution in [1.82, 2.24) is 5.32 Å². The van der Waals surface area contributed by atoms with Crippen LogP contribution in [-0.4, -0.2) is 30.1 Å². The maximum absolute atomic E-state index is 12.2. The lowest BCUT2D eigenvalue weighted by atomic mass is 9.52. The van der Waals surface area contributed by atoms with Crippen LogP contribution in [0.5, 0.6) is 0 Å². The van der Waals surface area contributed by atoms with Crippen molar-refractivity contribution < 1.29 is 14.4 Å². The highest BCUT2D eigenvalue weighted by atomic mass is 16.6. The molecule has 4 saturated carbocycles. The van der Waals surface area contributed by atoms with Gasteiger partial charge in [-0.25, -0.2) is 4.79 Å². The average Bonchev–Trinajstić information content (AvgIpc) is 2.29. The number of nitrogens with zero attached hydrogens (tertiary/aromatic N) is 1. The van der Waals surface area contributed by atoms with Gasteiger partial charge in [0.1, 0.15) is 12.7 Å². The number of amides is 1. The van der Waals surface area contributed by atoms with E-state index in [1.807, 2.05) is 20.8 Å². The highest BCUT2D eigenvalue weighted by molar-refractivity contribution is 5.91. The van der Waals surface area contributed by atoms with E-state index in [0.717, 1.165) is 19.3 Å². The topological polar surface area (TPSA) is 59.9 Å². The Morgan fingerprint density at radius 3 is 2.38 bits per heavy atom. The number of carbonyl (C=O) groups is 1. The summed E-state index contributed by atoms with van der Waals surface area (Å²) in [4.78, 5) is 17.2. The second kappa shape index (κ2) is 4.89. The van der Waals surface area contributed by atoms with E-state index in [0.29, 0.717) is 17.8 Å². The summed E-state index contributed by atoms with van der Waals surface area (Å²) in [6.07, 6.45) is 5.13. The SMILES string of the molecule is CON=C1C2CC3CC1CC(NC(=O)OC(C)(C)C)(C3)C2. The minimum atomic E-state index is -0.449. The third-order valence-corrected chi connectivity index (χ3v) is 4.99. The minimum Gasteiger partial charge on any atom is -0.444 e. The first-order chi connectivity index (χ1) is 9.80. The first-order valence-corrected chi connectivity index (χ1v) is 7.92. The second-order valence-corrected chi connectivity index (χ2v) is 7.95. The molecule has 0 aromatic carbocycles. The van der Waals surface area contributed by atoms with Crippen LogP contribution in [0.15, 0.2) is 5.16 Å². The molecule has 2 unspecified atom stereocenters. The summed E-state index contributed by atoms with van der Waals surface area (Å²) >= 11 is 0. The third kappa shape index (κ3) is 2.87. The molecule has 0 saturated heterocycles. The largest absolute Gasteiger partial charge is 0.444 e. The number of ether oxygens (including phenoxy) is 1. The van der Waals surface area contributed by atoms with E-state index in [1.54, 1.807) is 7.11 Å². The van der Waals surface area contributed by atoms with Crippen LogP contribution in [0.2, 0.25) is 0 Å². The lowest BCUT2D eigenvalue weighted by molar-refractivity contribution is 0.0160. The van der Waals surface area contributed by atoms with Gasteiger partial charge in [-0.05, 0) is 58.8 Å². The number of hydrogen-bond acceptors (Lipinski definition) is 4. The van der Waals surface area contributed by atoms with Crippen molar-refractivity contribution in [2.45, 2.75) is 64.0 Å². The van der Waals surface area contributed by atoms with Crippen molar-refractivity contribution in [3.63, 3.8) is 0 Å². The van der Waals surface area contributed by atoms with Crippen molar-refractivity contribution in [2.24, 2.45) is 22.9 Å². The Hall–Kier alpha value is -1.26. The van der Waals surface area contributed by atoms with Crippen molar-refractivity contribution in [1.29, 1.82) is 0 Å². The van der Waals surface area contributed by atoms with Crippen LogP contribution < -0.4 is 5.32 Å². The highest BCUT2D eigenvalue weighted by Crippen LogP contribution is 2.54. The Balaban J connectivity index is 1.73. The predicted octanol–water partition coefficient (Wildman–Crippen LogP) is 3.09. The lowest BCUT2D eigenvalue weighted by Crippen LogP contribution is -2.63. The molecule has 0 radical (unpaired) electrons. The quantitative estimate of drug-likeness (QED) is 0.796. The Morgan fingerprint density at radius 2 is 1.86 bits per heavy atom. The van der Waals surface area contributed by atoms with Crippen LogP contribution in [-0.2, 0) is 9.57 Å². The molecular formula is C16H26N2O3. The molecular weight excluding hydrogens is 268 g/mol. The molecule has 5 heteroatoms. The second-order valence-electron chi connectivity index (χ2n) is 7.95. The Labute approximate surface area is 126 Å². The van der Waals surface area contributed by atoms with Gasteiger partial charge < -0.3 is 14.9 Å². The summed E-state index contributed by atoms with van der Waals surface area (Å²) in [7, 11) is 1.62. The summed E-state index contributed by atoms with van der Waals surface area (Å²) in [6.45, 7) is 5.70. The number of hydrogen-bond donors (Lipinski definition) is 1. The standard InChI is InChI=1S/C16H26N2O3/c1-15(2,3)21-14(19)17-16-7-10-5-11(8-16)13(18-20-4)12(6-10)9-16/h10-12H,5-9H2,1-4H3,(H,17,19). The zero-order valence-corrected chi connectivity index (χ0v) is 13.4. The summed E-state index contributed by atoms with van der Waals surface area (Å²) in [5, 5.41) is 7.45. The van der Waals surface area contributed by atoms with Gasteiger partial charge in [0, 0.05) is 17.4 Å². The van der Waals surface area contributed by atoms with Gasteiger partial charge in [0.25, 0.3) is 0 Å². The van der Waals surface area contributed by atoms with Gasteiger partial charge in [0.15, 0.2) is 0 Å². The van der Waals surface area contributed by atoms with Crippen LogP contribution in [0.3, 0.4) is 0 Å². The van der Waals surface area contributed by atoms with Crippen molar-refractivity contribution in [3.05, 3.63) is 0 Å². The fraction of sp³-hybridized carbons (Fsp3) is 0.875. The van der Waals surface area contributed by atoms with Gasteiger partial charge >= 0.3 is 6.09 Å². The molecule has 4 rings (SSSR count). The molecule has 4 aliphatic carbocycles. The van der Waals surface area contributed by atoms with Crippen molar-refractivity contribution >= 4 is 11.8 Å². The fourth-order valence-corrected chi connectivity index (χ4v) is 4.69. The van der Waals surface area contributed by atoms with Crippen LogP contribution in [0.1, 0.15) is 52.9 Å². The van der Waals surface area contributed by atoms with E-state index in [2.05, 4.69) is 10.5 Å². The van der Waals surface area contributed by atoms with E-state index >= 15 is 0 Å². The molecule has 118 valence electrons. The Bertz CT molecular complexity index is 449. The van der Waals surface area contributed by atoms with Gasteiger partial charge in [0.05, 0.1) is 5.71 Å². The van der Waals surface area contributed by atoms with Crippen LogP contribution in [0, 0.1) is 17.8 Å². The van der Waals surface area contributed by atoms with Gasteiger partial charge in [-0.3, -0.25) is 0 Å². The summed E-state index contributed by atoms with van der Waals surface area (Å²) in [6, 6.07) is 0. The minimum absolute atomic E-state index is 0.0917. The lowest BCUT2D eigenvalue weighted by Gasteiger charge is -2.56. The Morgan fingerprint density at radius 1 is 1.24 bits per heavy atom. The van der Waals surface area contributed by atoms with E-state index < -0.39 is 5.60 Å². The van der Waals surface area contributed by atoms with Crippen molar-refractivity contribution in [2.75, 3.05) is 7.11 Å². The van der Waals surface area contributed by atoms with E-state index in [1.165, 1.54) is 18.6 Å². The van der Waals surface area contributed by atoms with Gasteiger partial charge in [-0.2, -0.15) is 0 Å². The molecule has 0 aliphatic heterocycles. The monoisotopic (exact) mass is 294 g/mol. The van der Waals surface area contributed by atoms with Gasteiger partial charge in [-0.15, -0.1) is 0 Å². The zero-order chi connectivity index (χ0) is 15.3.